The number of anilines is 1. The second kappa shape index (κ2) is 10.3. The Hall–Kier alpha value is -3.64. The number of carbonyl (C=O) groups excluding carboxylic acids is 2. The summed E-state index contributed by atoms with van der Waals surface area (Å²) in [7, 11) is 0. The van der Waals surface area contributed by atoms with Gasteiger partial charge < -0.3 is 15.8 Å². The zero-order valence-corrected chi connectivity index (χ0v) is 18.8. The number of rotatable bonds is 7. The number of primary amides is 1. The number of carbonyl (C=O) groups is 2. The predicted octanol–water partition coefficient (Wildman–Crippen LogP) is 5.20. The van der Waals surface area contributed by atoms with Crippen LogP contribution in [0.15, 0.2) is 72.8 Å². The summed E-state index contributed by atoms with van der Waals surface area (Å²) in [6.45, 7) is 4.39. The standard InChI is InChI=1S/C27H29N3O3/c1-19-4-2-3-17-30(19)18-20-5-11-23(12-6-20)29-27(32)22-9-15-25(16-10-22)33-24-13-7-21(8-14-24)26(28)31/h5-16,19H,2-4,17-18H2,1H3,(H2,28,31)(H,29,32). The van der Waals surface area contributed by atoms with Crippen molar-refractivity contribution in [3.63, 3.8) is 0 Å². The van der Waals surface area contributed by atoms with E-state index in [4.69, 9.17) is 10.5 Å². The van der Waals surface area contributed by atoms with E-state index >= 15 is 0 Å². The fourth-order valence-corrected chi connectivity index (χ4v) is 4.02. The zero-order chi connectivity index (χ0) is 23.2. The van der Waals surface area contributed by atoms with Gasteiger partial charge in [-0.15, -0.1) is 0 Å². The number of nitrogens with one attached hydrogen (secondary N) is 1. The van der Waals surface area contributed by atoms with Crippen LogP contribution in [0.25, 0.3) is 0 Å². The van der Waals surface area contributed by atoms with Gasteiger partial charge >= 0.3 is 0 Å². The first-order valence-corrected chi connectivity index (χ1v) is 11.3. The molecule has 1 saturated heterocycles. The van der Waals surface area contributed by atoms with Crippen LogP contribution in [-0.4, -0.2) is 29.3 Å². The van der Waals surface area contributed by atoms with Gasteiger partial charge in [-0.05, 0) is 92.5 Å². The van der Waals surface area contributed by atoms with Gasteiger partial charge in [-0.1, -0.05) is 18.6 Å². The Labute approximate surface area is 194 Å². The Bertz CT molecular complexity index is 1090. The summed E-state index contributed by atoms with van der Waals surface area (Å²) in [5.74, 6) is 0.513. The second-order valence-electron chi connectivity index (χ2n) is 8.48. The monoisotopic (exact) mass is 443 g/mol. The number of likely N-dealkylation sites (tertiary alicyclic amines) is 1. The number of nitrogens with two attached hydrogens (primary N) is 1. The van der Waals surface area contributed by atoms with Crippen molar-refractivity contribution in [2.75, 3.05) is 11.9 Å². The van der Waals surface area contributed by atoms with Crippen molar-refractivity contribution in [3.8, 4) is 11.5 Å². The fraction of sp³-hybridized carbons (Fsp3) is 0.259. The Morgan fingerprint density at radius 1 is 0.909 bits per heavy atom. The lowest BCUT2D eigenvalue weighted by molar-refractivity contribution is 0.0997. The minimum absolute atomic E-state index is 0.176. The van der Waals surface area contributed by atoms with E-state index in [9.17, 15) is 9.59 Å². The molecule has 4 rings (SSSR count). The molecule has 1 heterocycles. The molecule has 6 nitrogen and oxygen atoms in total. The maximum atomic E-state index is 12.6. The van der Waals surface area contributed by atoms with Gasteiger partial charge in [-0.3, -0.25) is 14.5 Å². The van der Waals surface area contributed by atoms with Gasteiger partial charge in [0.15, 0.2) is 0 Å². The molecule has 1 aliphatic heterocycles. The average molecular weight is 444 g/mol. The van der Waals surface area contributed by atoms with Gasteiger partial charge in [0, 0.05) is 29.4 Å². The number of amides is 2. The lowest BCUT2D eigenvalue weighted by atomic mass is 10.0. The van der Waals surface area contributed by atoms with Crippen LogP contribution in [0.4, 0.5) is 5.69 Å². The minimum Gasteiger partial charge on any atom is -0.457 e. The molecule has 1 atom stereocenters. The van der Waals surface area contributed by atoms with Gasteiger partial charge in [-0.25, -0.2) is 0 Å². The molecule has 0 radical (unpaired) electrons. The van der Waals surface area contributed by atoms with Crippen molar-refractivity contribution in [1.29, 1.82) is 0 Å². The lowest BCUT2D eigenvalue weighted by Gasteiger charge is -2.33. The molecule has 0 spiro atoms. The van der Waals surface area contributed by atoms with Crippen molar-refractivity contribution in [3.05, 3.63) is 89.5 Å². The molecule has 0 saturated carbocycles. The molecule has 170 valence electrons. The summed E-state index contributed by atoms with van der Waals surface area (Å²) < 4.78 is 5.76. The highest BCUT2D eigenvalue weighted by Crippen LogP contribution is 2.23. The summed E-state index contributed by atoms with van der Waals surface area (Å²) in [6, 6.07) is 22.2. The molecule has 2 amide bonds. The van der Waals surface area contributed by atoms with Crippen molar-refractivity contribution in [2.24, 2.45) is 5.73 Å². The molecule has 6 heteroatoms. The Morgan fingerprint density at radius 2 is 1.52 bits per heavy atom. The molecular formula is C27H29N3O3. The minimum atomic E-state index is -0.483. The molecule has 1 aliphatic rings. The lowest BCUT2D eigenvalue weighted by Crippen LogP contribution is -2.36. The Morgan fingerprint density at radius 3 is 2.09 bits per heavy atom. The average Bonchev–Trinajstić information content (AvgIpc) is 2.82. The fourth-order valence-electron chi connectivity index (χ4n) is 4.02. The molecule has 3 aromatic carbocycles. The molecule has 1 fully saturated rings. The van der Waals surface area contributed by atoms with E-state index < -0.39 is 5.91 Å². The third-order valence-corrected chi connectivity index (χ3v) is 6.03. The van der Waals surface area contributed by atoms with E-state index in [-0.39, 0.29) is 5.91 Å². The third kappa shape index (κ3) is 5.99. The van der Waals surface area contributed by atoms with Gasteiger partial charge in [-0.2, -0.15) is 0 Å². The van der Waals surface area contributed by atoms with Crippen molar-refractivity contribution < 1.29 is 14.3 Å². The molecule has 3 N–H and O–H groups in total. The van der Waals surface area contributed by atoms with Crippen LogP contribution in [0.3, 0.4) is 0 Å². The predicted molar refractivity (Wildman–Crippen MR) is 130 cm³/mol. The highest BCUT2D eigenvalue weighted by Gasteiger charge is 2.18. The number of piperidine rings is 1. The first-order chi connectivity index (χ1) is 16.0. The quantitative estimate of drug-likeness (QED) is 0.525. The topological polar surface area (TPSA) is 84.7 Å². The number of hydrogen-bond acceptors (Lipinski definition) is 4. The van der Waals surface area contributed by atoms with Crippen molar-refractivity contribution in [1.82, 2.24) is 4.90 Å². The van der Waals surface area contributed by atoms with Crippen LogP contribution in [0.5, 0.6) is 11.5 Å². The third-order valence-electron chi connectivity index (χ3n) is 6.03. The van der Waals surface area contributed by atoms with Crippen LogP contribution in [-0.2, 0) is 6.54 Å². The molecule has 0 bridgehead atoms. The van der Waals surface area contributed by atoms with E-state index in [0.717, 1.165) is 18.8 Å². The molecule has 0 aromatic heterocycles. The number of ether oxygens (including phenoxy) is 1. The highest BCUT2D eigenvalue weighted by molar-refractivity contribution is 6.04. The van der Waals surface area contributed by atoms with Crippen LogP contribution in [0.2, 0.25) is 0 Å². The number of benzene rings is 3. The van der Waals surface area contributed by atoms with Crippen LogP contribution in [0, 0.1) is 0 Å². The molecule has 1 unspecified atom stereocenters. The Balaban J connectivity index is 1.32. The first kappa shape index (κ1) is 22.6. The van der Waals surface area contributed by atoms with Crippen molar-refractivity contribution in [2.45, 2.75) is 38.8 Å². The van der Waals surface area contributed by atoms with Gasteiger partial charge in [0.1, 0.15) is 11.5 Å². The molecule has 33 heavy (non-hydrogen) atoms. The van der Waals surface area contributed by atoms with E-state index in [0.29, 0.717) is 28.7 Å². The number of hydrogen-bond donors (Lipinski definition) is 2. The molecule has 0 aliphatic carbocycles. The summed E-state index contributed by atoms with van der Waals surface area (Å²) in [5, 5.41) is 2.95. The van der Waals surface area contributed by atoms with E-state index in [1.54, 1.807) is 48.5 Å². The summed E-state index contributed by atoms with van der Waals surface area (Å²) in [5.41, 5.74) is 8.23. The summed E-state index contributed by atoms with van der Waals surface area (Å²) >= 11 is 0. The maximum absolute atomic E-state index is 12.6. The number of nitrogens with zero attached hydrogens (tertiary/aromatic N) is 1. The van der Waals surface area contributed by atoms with Gasteiger partial charge in [0.25, 0.3) is 5.91 Å². The van der Waals surface area contributed by atoms with Gasteiger partial charge in [0.2, 0.25) is 5.91 Å². The summed E-state index contributed by atoms with van der Waals surface area (Å²) in [4.78, 5) is 26.3. The van der Waals surface area contributed by atoms with Crippen molar-refractivity contribution >= 4 is 17.5 Å². The van der Waals surface area contributed by atoms with E-state index in [1.165, 1.54) is 24.8 Å². The summed E-state index contributed by atoms with van der Waals surface area (Å²) in [6.07, 6.45) is 3.85. The molecule has 3 aromatic rings. The SMILES string of the molecule is CC1CCCCN1Cc1ccc(NC(=O)c2ccc(Oc3ccc(C(N)=O)cc3)cc2)cc1. The van der Waals surface area contributed by atoms with E-state index in [2.05, 4.69) is 29.3 Å². The highest BCUT2D eigenvalue weighted by atomic mass is 16.5. The normalized spacial score (nSPS) is 16.2. The maximum Gasteiger partial charge on any atom is 0.255 e. The smallest absolute Gasteiger partial charge is 0.255 e. The second-order valence-corrected chi connectivity index (χ2v) is 8.48. The molecular weight excluding hydrogens is 414 g/mol. The largest absolute Gasteiger partial charge is 0.457 e. The van der Waals surface area contributed by atoms with Gasteiger partial charge in [0.05, 0.1) is 0 Å². The van der Waals surface area contributed by atoms with Crippen LogP contribution < -0.4 is 15.8 Å². The van der Waals surface area contributed by atoms with Crippen LogP contribution >= 0.6 is 0 Å². The Kier molecular flexibility index (Phi) is 7.05. The first-order valence-electron chi connectivity index (χ1n) is 11.3. The van der Waals surface area contributed by atoms with Crippen LogP contribution in [0.1, 0.15) is 52.5 Å². The zero-order valence-electron chi connectivity index (χ0n) is 18.8. The van der Waals surface area contributed by atoms with E-state index in [1.807, 2.05) is 12.1 Å².